The van der Waals surface area contributed by atoms with Gasteiger partial charge in [0.05, 0.1) is 23.3 Å². The van der Waals surface area contributed by atoms with Gasteiger partial charge < -0.3 is 14.5 Å². The molecule has 0 bridgehead atoms. The van der Waals surface area contributed by atoms with Crippen molar-refractivity contribution >= 4 is 17.7 Å². The molecular formula is C18H18FNO5. The Hall–Kier alpha value is -2.96. The monoisotopic (exact) mass is 347 g/mol. The molecule has 1 heterocycles. The lowest BCUT2D eigenvalue weighted by atomic mass is 10.1. The largest absolute Gasteiger partial charge is 0.462 e. The SMILES string of the molecule is CCOC(=O)c1c(C)[nH]c(C)c1C(=O)COC(=O)c1ccc(F)cc1. The number of aromatic amines is 1. The van der Waals surface area contributed by atoms with Crippen LogP contribution >= 0.6 is 0 Å². The number of H-pyrrole nitrogens is 1. The minimum atomic E-state index is -0.754. The van der Waals surface area contributed by atoms with Gasteiger partial charge >= 0.3 is 11.9 Å². The number of esters is 2. The van der Waals surface area contributed by atoms with Gasteiger partial charge in [-0.15, -0.1) is 0 Å². The Morgan fingerprint density at radius 1 is 0.960 bits per heavy atom. The van der Waals surface area contributed by atoms with Crippen LogP contribution in [0, 0.1) is 19.7 Å². The molecular weight excluding hydrogens is 329 g/mol. The number of hydrogen-bond donors (Lipinski definition) is 1. The lowest BCUT2D eigenvalue weighted by Gasteiger charge is -2.07. The highest BCUT2D eigenvalue weighted by Gasteiger charge is 2.26. The molecule has 0 unspecified atom stereocenters. The molecule has 0 aliphatic heterocycles. The summed E-state index contributed by atoms with van der Waals surface area (Å²) in [6.07, 6.45) is 0. The molecule has 25 heavy (non-hydrogen) atoms. The van der Waals surface area contributed by atoms with Crippen LogP contribution in [0.4, 0.5) is 4.39 Å². The first-order chi connectivity index (χ1) is 11.8. The van der Waals surface area contributed by atoms with Gasteiger partial charge in [0.2, 0.25) is 5.78 Å². The summed E-state index contributed by atoms with van der Waals surface area (Å²) in [7, 11) is 0. The third-order valence-corrected chi connectivity index (χ3v) is 3.55. The highest BCUT2D eigenvalue weighted by Crippen LogP contribution is 2.20. The molecule has 0 atom stereocenters. The Bertz CT molecular complexity index is 808. The molecule has 0 fully saturated rings. The zero-order chi connectivity index (χ0) is 18.6. The molecule has 0 aliphatic carbocycles. The maximum Gasteiger partial charge on any atom is 0.340 e. The number of rotatable bonds is 6. The molecule has 0 amide bonds. The first kappa shape index (κ1) is 18.4. The van der Waals surface area contributed by atoms with Gasteiger partial charge in [0.1, 0.15) is 5.82 Å². The van der Waals surface area contributed by atoms with E-state index >= 15 is 0 Å². The fourth-order valence-corrected chi connectivity index (χ4v) is 2.46. The number of aryl methyl sites for hydroxylation is 2. The molecule has 0 saturated heterocycles. The summed E-state index contributed by atoms with van der Waals surface area (Å²) in [6, 6.07) is 4.77. The molecule has 0 spiro atoms. The summed E-state index contributed by atoms with van der Waals surface area (Å²) in [5.74, 6) is -2.38. The molecule has 1 N–H and O–H groups in total. The summed E-state index contributed by atoms with van der Waals surface area (Å²) in [5, 5.41) is 0. The van der Waals surface area contributed by atoms with Crippen LogP contribution in [-0.4, -0.2) is 35.9 Å². The van der Waals surface area contributed by atoms with Gasteiger partial charge in [0.15, 0.2) is 6.61 Å². The Morgan fingerprint density at radius 3 is 2.16 bits per heavy atom. The molecule has 2 rings (SSSR count). The molecule has 1 aromatic heterocycles. The van der Waals surface area contributed by atoms with E-state index in [9.17, 15) is 18.8 Å². The highest BCUT2D eigenvalue weighted by atomic mass is 19.1. The Labute approximate surface area is 143 Å². The zero-order valence-corrected chi connectivity index (χ0v) is 14.1. The van der Waals surface area contributed by atoms with Gasteiger partial charge in [-0.1, -0.05) is 0 Å². The predicted octanol–water partition coefficient (Wildman–Crippen LogP) is 2.99. The fourth-order valence-electron chi connectivity index (χ4n) is 2.46. The molecule has 132 valence electrons. The zero-order valence-electron chi connectivity index (χ0n) is 14.1. The van der Waals surface area contributed by atoms with Gasteiger partial charge in [-0.25, -0.2) is 14.0 Å². The number of aromatic nitrogens is 1. The summed E-state index contributed by atoms with van der Waals surface area (Å²) in [4.78, 5) is 39.3. The maximum absolute atomic E-state index is 12.9. The van der Waals surface area contributed by atoms with Crippen LogP contribution in [0.3, 0.4) is 0 Å². The quantitative estimate of drug-likeness (QED) is 0.641. The molecule has 0 aliphatic rings. The smallest absolute Gasteiger partial charge is 0.340 e. The third kappa shape index (κ3) is 4.12. The lowest BCUT2D eigenvalue weighted by Crippen LogP contribution is -2.18. The van der Waals surface area contributed by atoms with Crippen LogP contribution < -0.4 is 0 Å². The first-order valence-corrected chi connectivity index (χ1v) is 7.67. The van der Waals surface area contributed by atoms with E-state index in [1.807, 2.05) is 0 Å². The van der Waals surface area contributed by atoms with Crippen molar-refractivity contribution in [3.05, 3.63) is 58.2 Å². The summed E-state index contributed by atoms with van der Waals surface area (Å²) >= 11 is 0. The number of carbonyl (C=O) groups is 3. The number of hydrogen-bond acceptors (Lipinski definition) is 5. The van der Waals surface area contributed by atoms with Gasteiger partial charge in [-0.3, -0.25) is 4.79 Å². The second kappa shape index (κ2) is 7.74. The number of ketones is 1. The maximum atomic E-state index is 12.9. The molecule has 0 saturated carbocycles. The summed E-state index contributed by atoms with van der Waals surface area (Å²) in [6.45, 7) is 4.60. The van der Waals surface area contributed by atoms with Gasteiger partial charge in [-0.05, 0) is 45.0 Å². The predicted molar refractivity (Wildman–Crippen MR) is 87.2 cm³/mol. The van der Waals surface area contributed by atoms with Crippen molar-refractivity contribution in [3.63, 3.8) is 0 Å². The van der Waals surface area contributed by atoms with Crippen LogP contribution in [0.2, 0.25) is 0 Å². The van der Waals surface area contributed by atoms with E-state index in [-0.39, 0.29) is 23.3 Å². The van der Waals surface area contributed by atoms with E-state index in [0.29, 0.717) is 11.4 Å². The highest BCUT2D eigenvalue weighted by molar-refractivity contribution is 6.09. The number of carbonyl (C=O) groups excluding carboxylic acids is 3. The average molecular weight is 347 g/mol. The number of nitrogens with one attached hydrogen (secondary N) is 1. The molecule has 1 aromatic carbocycles. The van der Waals surface area contributed by atoms with Crippen molar-refractivity contribution < 1.29 is 28.2 Å². The molecule has 6 nitrogen and oxygen atoms in total. The molecule has 7 heteroatoms. The van der Waals surface area contributed by atoms with Crippen LogP contribution in [0.25, 0.3) is 0 Å². The first-order valence-electron chi connectivity index (χ1n) is 7.67. The normalized spacial score (nSPS) is 10.4. The molecule has 2 aromatic rings. The van der Waals surface area contributed by atoms with Crippen LogP contribution in [0.5, 0.6) is 0 Å². The Balaban J connectivity index is 2.14. The Kier molecular flexibility index (Phi) is 5.69. The number of benzene rings is 1. The van der Waals surface area contributed by atoms with E-state index in [2.05, 4.69) is 4.98 Å². The fraction of sp³-hybridized carbons (Fsp3) is 0.278. The van der Waals surface area contributed by atoms with Gasteiger partial charge in [0, 0.05) is 11.4 Å². The third-order valence-electron chi connectivity index (χ3n) is 3.55. The average Bonchev–Trinajstić information content (AvgIpc) is 2.87. The van der Waals surface area contributed by atoms with Crippen molar-refractivity contribution in [1.29, 1.82) is 0 Å². The van der Waals surface area contributed by atoms with Gasteiger partial charge in [0.25, 0.3) is 0 Å². The minimum absolute atomic E-state index is 0.127. The topological polar surface area (TPSA) is 85.5 Å². The second-order valence-electron chi connectivity index (χ2n) is 5.35. The molecule has 0 radical (unpaired) electrons. The van der Waals surface area contributed by atoms with Crippen molar-refractivity contribution in [2.45, 2.75) is 20.8 Å². The van der Waals surface area contributed by atoms with Crippen molar-refractivity contribution in [1.82, 2.24) is 4.98 Å². The summed E-state index contributed by atoms with van der Waals surface area (Å²) < 4.78 is 22.8. The number of Topliss-reactive ketones (excluding diaryl/α,β-unsaturated/α-hetero) is 1. The van der Waals surface area contributed by atoms with E-state index in [1.165, 1.54) is 12.1 Å². The van der Waals surface area contributed by atoms with E-state index in [0.717, 1.165) is 12.1 Å². The number of ether oxygens (including phenoxy) is 2. The van der Waals surface area contributed by atoms with E-state index in [1.54, 1.807) is 20.8 Å². The van der Waals surface area contributed by atoms with Gasteiger partial charge in [-0.2, -0.15) is 0 Å². The summed E-state index contributed by atoms with van der Waals surface area (Å²) in [5.41, 5.74) is 1.40. The van der Waals surface area contributed by atoms with Crippen LogP contribution in [0.1, 0.15) is 49.4 Å². The standard InChI is InChI=1S/C18H18FNO5/c1-4-24-18(23)16-11(3)20-10(2)15(16)14(21)9-25-17(22)12-5-7-13(19)8-6-12/h5-8,20H,4,9H2,1-3H3. The second-order valence-corrected chi connectivity index (χ2v) is 5.35. The van der Waals surface area contributed by atoms with Crippen LogP contribution in [-0.2, 0) is 9.47 Å². The van der Waals surface area contributed by atoms with E-state index < -0.39 is 30.1 Å². The minimum Gasteiger partial charge on any atom is -0.462 e. The van der Waals surface area contributed by atoms with Crippen molar-refractivity contribution in [2.75, 3.05) is 13.2 Å². The van der Waals surface area contributed by atoms with Crippen molar-refractivity contribution in [2.24, 2.45) is 0 Å². The van der Waals surface area contributed by atoms with Crippen molar-refractivity contribution in [3.8, 4) is 0 Å². The van der Waals surface area contributed by atoms with Crippen LogP contribution in [0.15, 0.2) is 24.3 Å². The van der Waals surface area contributed by atoms with E-state index in [4.69, 9.17) is 9.47 Å². The number of halogens is 1. The Morgan fingerprint density at radius 2 is 1.56 bits per heavy atom. The lowest BCUT2D eigenvalue weighted by molar-refractivity contribution is 0.0472.